The van der Waals surface area contributed by atoms with Crippen LogP contribution in [0.25, 0.3) is 0 Å². The van der Waals surface area contributed by atoms with Crippen molar-refractivity contribution in [1.29, 1.82) is 0 Å². The Balaban J connectivity index is 2.34. The molecule has 0 bridgehead atoms. The van der Waals surface area contributed by atoms with Crippen molar-refractivity contribution in [2.45, 2.75) is 19.4 Å². The second-order valence-corrected chi connectivity index (χ2v) is 4.42. The van der Waals surface area contributed by atoms with E-state index >= 15 is 0 Å². The molecule has 0 aliphatic rings. The molecule has 17 heavy (non-hydrogen) atoms. The number of aliphatic hydroxyl groups excluding tert-OH is 1. The highest BCUT2D eigenvalue weighted by Gasteiger charge is 2.11. The Bertz CT molecular complexity index is 494. The van der Waals surface area contributed by atoms with Crippen LogP contribution in [-0.2, 0) is 6.42 Å². The Kier molecular flexibility index (Phi) is 3.82. The fourth-order valence-corrected chi connectivity index (χ4v) is 2.11. The molecular formula is C15H15ClO. The van der Waals surface area contributed by atoms with Crippen LogP contribution in [-0.4, -0.2) is 5.11 Å². The molecule has 0 aliphatic heterocycles. The second-order valence-electron chi connectivity index (χ2n) is 4.02. The SMILES string of the molecule is CCc1cc(C(O)c2ccccc2)ccc1Cl. The summed E-state index contributed by atoms with van der Waals surface area (Å²) in [4.78, 5) is 0. The zero-order chi connectivity index (χ0) is 12.3. The van der Waals surface area contributed by atoms with E-state index in [0.717, 1.165) is 28.1 Å². The summed E-state index contributed by atoms with van der Waals surface area (Å²) in [5, 5.41) is 11.0. The smallest absolute Gasteiger partial charge is 0.104 e. The van der Waals surface area contributed by atoms with Crippen molar-refractivity contribution in [1.82, 2.24) is 0 Å². The van der Waals surface area contributed by atoms with Gasteiger partial charge >= 0.3 is 0 Å². The van der Waals surface area contributed by atoms with E-state index in [0.29, 0.717) is 0 Å². The maximum Gasteiger partial charge on any atom is 0.104 e. The number of aryl methyl sites for hydroxylation is 1. The summed E-state index contributed by atoms with van der Waals surface area (Å²) < 4.78 is 0. The summed E-state index contributed by atoms with van der Waals surface area (Å²) in [7, 11) is 0. The highest BCUT2D eigenvalue weighted by molar-refractivity contribution is 6.31. The molecule has 1 N–H and O–H groups in total. The van der Waals surface area contributed by atoms with E-state index in [1.54, 1.807) is 0 Å². The minimum atomic E-state index is -0.584. The van der Waals surface area contributed by atoms with Crippen LogP contribution in [0.4, 0.5) is 0 Å². The number of aliphatic hydroxyl groups is 1. The van der Waals surface area contributed by atoms with Crippen LogP contribution in [0.1, 0.15) is 29.7 Å². The summed E-state index contributed by atoms with van der Waals surface area (Å²) in [5.74, 6) is 0. The Morgan fingerprint density at radius 2 is 1.76 bits per heavy atom. The van der Waals surface area contributed by atoms with Gasteiger partial charge in [0, 0.05) is 5.02 Å². The third-order valence-corrected chi connectivity index (χ3v) is 3.25. The maximum absolute atomic E-state index is 10.3. The highest BCUT2D eigenvalue weighted by Crippen LogP contribution is 2.26. The zero-order valence-corrected chi connectivity index (χ0v) is 10.5. The lowest BCUT2D eigenvalue weighted by Gasteiger charge is -2.13. The summed E-state index contributed by atoms with van der Waals surface area (Å²) in [6, 6.07) is 15.3. The number of hydrogen-bond donors (Lipinski definition) is 1. The van der Waals surface area contributed by atoms with Gasteiger partial charge in [0.05, 0.1) is 0 Å². The fourth-order valence-electron chi connectivity index (χ4n) is 1.86. The van der Waals surface area contributed by atoms with Crippen molar-refractivity contribution >= 4 is 11.6 Å². The van der Waals surface area contributed by atoms with Crippen molar-refractivity contribution in [3.8, 4) is 0 Å². The van der Waals surface area contributed by atoms with E-state index < -0.39 is 6.10 Å². The number of halogens is 1. The van der Waals surface area contributed by atoms with Gasteiger partial charge in [0.2, 0.25) is 0 Å². The zero-order valence-electron chi connectivity index (χ0n) is 9.73. The minimum absolute atomic E-state index is 0.584. The third kappa shape index (κ3) is 2.68. The van der Waals surface area contributed by atoms with Gasteiger partial charge in [-0.3, -0.25) is 0 Å². The molecule has 0 amide bonds. The van der Waals surface area contributed by atoms with Crippen molar-refractivity contribution in [3.05, 3.63) is 70.2 Å². The molecule has 2 rings (SSSR count). The van der Waals surface area contributed by atoms with Crippen LogP contribution in [0.5, 0.6) is 0 Å². The lowest BCUT2D eigenvalue weighted by Crippen LogP contribution is -2.00. The lowest BCUT2D eigenvalue weighted by molar-refractivity contribution is 0.220. The molecule has 0 aliphatic carbocycles. The summed E-state index contributed by atoms with van der Waals surface area (Å²) in [6.07, 6.45) is 0.285. The van der Waals surface area contributed by atoms with E-state index in [-0.39, 0.29) is 0 Å². The van der Waals surface area contributed by atoms with Crippen molar-refractivity contribution in [3.63, 3.8) is 0 Å². The molecule has 2 aromatic carbocycles. The van der Waals surface area contributed by atoms with Gasteiger partial charge in [-0.15, -0.1) is 0 Å². The van der Waals surface area contributed by atoms with Crippen LogP contribution >= 0.6 is 11.6 Å². The summed E-state index contributed by atoms with van der Waals surface area (Å²) in [5.41, 5.74) is 2.86. The molecule has 1 nitrogen and oxygen atoms in total. The molecule has 0 spiro atoms. The van der Waals surface area contributed by atoms with Gasteiger partial charge < -0.3 is 5.11 Å². The average molecular weight is 247 g/mol. The highest BCUT2D eigenvalue weighted by atomic mass is 35.5. The number of hydrogen-bond acceptors (Lipinski definition) is 1. The molecular weight excluding hydrogens is 232 g/mol. The predicted octanol–water partition coefficient (Wildman–Crippen LogP) is 3.98. The van der Waals surface area contributed by atoms with Crippen molar-refractivity contribution in [2.75, 3.05) is 0 Å². The molecule has 0 saturated heterocycles. The Morgan fingerprint density at radius 1 is 1.06 bits per heavy atom. The first-order valence-electron chi connectivity index (χ1n) is 5.73. The van der Waals surface area contributed by atoms with Crippen molar-refractivity contribution < 1.29 is 5.11 Å². The molecule has 2 heteroatoms. The lowest BCUT2D eigenvalue weighted by atomic mass is 9.99. The van der Waals surface area contributed by atoms with Crippen LogP contribution in [0.2, 0.25) is 5.02 Å². The van der Waals surface area contributed by atoms with E-state index in [1.807, 2.05) is 48.5 Å². The number of benzene rings is 2. The topological polar surface area (TPSA) is 20.2 Å². The Labute approximate surface area is 107 Å². The van der Waals surface area contributed by atoms with Gasteiger partial charge in [0.15, 0.2) is 0 Å². The predicted molar refractivity (Wildman–Crippen MR) is 71.3 cm³/mol. The summed E-state index contributed by atoms with van der Waals surface area (Å²) in [6.45, 7) is 2.06. The van der Waals surface area contributed by atoms with Crippen LogP contribution in [0, 0.1) is 0 Å². The standard InChI is InChI=1S/C15H15ClO/c1-2-11-10-13(8-9-14(11)16)15(17)12-6-4-3-5-7-12/h3-10,15,17H,2H2,1H3. The van der Waals surface area contributed by atoms with Crippen LogP contribution < -0.4 is 0 Å². The molecule has 88 valence electrons. The molecule has 0 radical (unpaired) electrons. The molecule has 1 atom stereocenters. The molecule has 0 aromatic heterocycles. The van der Waals surface area contributed by atoms with E-state index in [4.69, 9.17) is 11.6 Å². The third-order valence-electron chi connectivity index (χ3n) is 2.88. The van der Waals surface area contributed by atoms with E-state index in [2.05, 4.69) is 6.92 Å². The Morgan fingerprint density at radius 3 is 2.41 bits per heavy atom. The van der Waals surface area contributed by atoms with Gasteiger partial charge in [-0.1, -0.05) is 61.0 Å². The van der Waals surface area contributed by atoms with Crippen LogP contribution in [0.3, 0.4) is 0 Å². The minimum Gasteiger partial charge on any atom is -0.384 e. The molecule has 0 saturated carbocycles. The monoisotopic (exact) mass is 246 g/mol. The molecule has 1 unspecified atom stereocenters. The van der Waals surface area contributed by atoms with E-state index in [1.165, 1.54) is 0 Å². The first-order chi connectivity index (χ1) is 8.22. The number of rotatable bonds is 3. The molecule has 0 fully saturated rings. The fraction of sp³-hybridized carbons (Fsp3) is 0.200. The van der Waals surface area contributed by atoms with Gasteiger partial charge in [-0.05, 0) is 29.2 Å². The normalized spacial score (nSPS) is 12.4. The Hall–Kier alpha value is -1.31. The first kappa shape index (κ1) is 12.2. The van der Waals surface area contributed by atoms with E-state index in [9.17, 15) is 5.11 Å². The van der Waals surface area contributed by atoms with Gasteiger partial charge in [-0.2, -0.15) is 0 Å². The molecule has 0 heterocycles. The molecule has 2 aromatic rings. The maximum atomic E-state index is 10.3. The van der Waals surface area contributed by atoms with Gasteiger partial charge in [0.25, 0.3) is 0 Å². The van der Waals surface area contributed by atoms with Crippen LogP contribution in [0.15, 0.2) is 48.5 Å². The first-order valence-corrected chi connectivity index (χ1v) is 6.11. The van der Waals surface area contributed by atoms with Crippen molar-refractivity contribution in [2.24, 2.45) is 0 Å². The van der Waals surface area contributed by atoms with Gasteiger partial charge in [-0.25, -0.2) is 0 Å². The quantitative estimate of drug-likeness (QED) is 0.869. The summed E-state index contributed by atoms with van der Waals surface area (Å²) >= 11 is 6.07. The second kappa shape index (κ2) is 5.35. The van der Waals surface area contributed by atoms with Gasteiger partial charge in [0.1, 0.15) is 6.10 Å². The largest absolute Gasteiger partial charge is 0.384 e. The average Bonchev–Trinajstić information content (AvgIpc) is 2.39.